The van der Waals surface area contributed by atoms with Gasteiger partial charge in [0.2, 0.25) is 5.91 Å². The molecule has 3 heterocycles. The molecule has 2 fully saturated rings. The summed E-state index contributed by atoms with van der Waals surface area (Å²) < 4.78 is 20.2. The molecule has 33 heavy (non-hydrogen) atoms. The van der Waals surface area contributed by atoms with Gasteiger partial charge >= 0.3 is 0 Å². The number of nitrogens with one attached hydrogen (secondary N) is 1. The van der Waals surface area contributed by atoms with E-state index in [0.717, 1.165) is 18.4 Å². The number of benzene rings is 1. The van der Waals surface area contributed by atoms with Crippen molar-refractivity contribution in [1.82, 2.24) is 20.0 Å². The number of aromatic nitrogens is 2. The highest BCUT2D eigenvalue weighted by atomic mass is 19.1. The molecule has 0 radical (unpaired) electrons. The van der Waals surface area contributed by atoms with Gasteiger partial charge in [-0.1, -0.05) is 6.07 Å². The quantitative estimate of drug-likeness (QED) is 0.759. The molecule has 0 aliphatic carbocycles. The molecular weight excluding hydrogens is 427 g/mol. The summed E-state index contributed by atoms with van der Waals surface area (Å²) in [6.45, 7) is 6.92. The molecule has 8 nitrogen and oxygen atoms in total. The molecule has 0 bridgehead atoms. The highest BCUT2D eigenvalue weighted by Gasteiger charge is 2.37. The molecule has 176 valence electrons. The average molecular weight is 457 g/mol. The smallest absolute Gasteiger partial charge is 0.267 e. The number of halogens is 1. The minimum absolute atomic E-state index is 0.0232. The van der Waals surface area contributed by atoms with Crippen LogP contribution in [0.3, 0.4) is 0 Å². The van der Waals surface area contributed by atoms with E-state index in [-0.39, 0.29) is 35.7 Å². The van der Waals surface area contributed by atoms with Crippen LogP contribution in [0, 0.1) is 19.7 Å². The summed E-state index contributed by atoms with van der Waals surface area (Å²) in [5.74, 6) is -1.27. The van der Waals surface area contributed by atoms with E-state index < -0.39 is 11.7 Å². The van der Waals surface area contributed by atoms with E-state index in [1.807, 2.05) is 18.7 Å². The van der Waals surface area contributed by atoms with Gasteiger partial charge in [-0.05, 0) is 56.9 Å². The first-order chi connectivity index (χ1) is 15.8. The lowest BCUT2D eigenvalue weighted by molar-refractivity contribution is -0.144. The second-order valence-corrected chi connectivity index (χ2v) is 8.95. The van der Waals surface area contributed by atoms with Gasteiger partial charge in [-0.25, -0.2) is 9.49 Å². The van der Waals surface area contributed by atoms with Gasteiger partial charge in [-0.2, -0.15) is 5.10 Å². The van der Waals surface area contributed by atoms with E-state index in [4.69, 9.17) is 4.74 Å². The molecule has 1 aromatic carbocycles. The minimum Gasteiger partial charge on any atom is -0.379 e. The standard InChI is InChI=1S/C24H29FN4O4/c1-14-11-28(12-22(30)29(14)18-5-4-8-33-13-18)24(32)19-9-17(6-7-20(19)25)10-21-15(2)16(3)23(31)27-26-21/h6-7,9,14,18H,4-5,8,10-13H2,1-3H3,(H,27,31). The Morgan fingerprint density at radius 1 is 1.27 bits per heavy atom. The normalized spacial score (nSPS) is 21.4. The lowest BCUT2D eigenvalue weighted by Crippen LogP contribution is -2.61. The molecule has 1 aromatic heterocycles. The number of nitrogens with zero attached hydrogens (tertiary/aromatic N) is 3. The number of hydrogen-bond donors (Lipinski definition) is 1. The van der Waals surface area contributed by atoms with Crippen molar-refractivity contribution in [2.75, 3.05) is 26.3 Å². The van der Waals surface area contributed by atoms with Crippen LogP contribution in [0.2, 0.25) is 0 Å². The van der Waals surface area contributed by atoms with Crippen molar-refractivity contribution < 1.29 is 18.7 Å². The van der Waals surface area contributed by atoms with Crippen molar-refractivity contribution in [2.45, 2.75) is 52.1 Å². The van der Waals surface area contributed by atoms with Gasteiger partial charge in [-0.15, -0.1) is 0 Å². The lowest BCUT2D eigenvalue weighted by Gasteiger charge is -2.44. The van der Waals surface area contributed by atoms with Crippen LogP contribution < -0.4 is 5.56 Å². The van der Waals surface area contributed by atoms with Gasteiger partial charge in [0, 0.05) is 31.2 Å². The fourth-order valence-electron chi connectivity index (χ4n) is 4.68. The molecule has 2 unspecified atom stereocenters. The Kier molecular flexibility index (Phi) is 6.60. The zero-order valence-electron chi connectivity index (χ0n) is 19.2. The molecule has 2 amide bonds. The predicted molar refractivity (Wildman–Crippen MR) is 120 cm³/mol. The van der Waals surface area contributed by atoms with Gasteiger partial charge in [0.1, 0.15) is 12.4 Å². The van der Waals surface area contributed by atoms with E-state index >= 15 is 0 Å². The third-order valence-corrected chi connectivity index (χ3v) is 6.65. The maximum Gasteiger partial charge on any atom is 0.267 e. The summed E-state index contributed by atoms with van der Waals surface area (Å²) in [6.07, 6.45) is 2.14. The van der Waals surface area contributed by atoms with Crippen molar-refractivity contribution in [2.24, 2.45) is 0 Å². The molecule has 2 aromatic rings. The van der Waals surface area contributed by atoms with Crippen LogP contribution >= 0.6 is 0 Å². The third-order valence-electron chi connectivity index (χ3n) is 6.65. The van der Waals surface area contributed by atoms with Crippen molar-refractivity contribution in [3.05, 3.63) is 62.3 Å². The Morgan fingerprint density at radius 3 is 2.76 bits per heavy atom. The first kappa shape index (κ1) is 23.1. The van der Waals surface area contributed by atoms with Gasteiger partial charge in [-0.3, -0.25) is 14.4 Å². The number of amides is 2. The zero-order chi connectivity index (χ0) is 23.7. The number of rotatable bonds is 4. The average Bonchev–Trinajstić information content (AvgIpc) is 2.80. The molecule has 4 rings (SSSR count). The van der Waals surface area contributed by atoms with E-state index in [0.29, 0.717) is 43.0 Å². The Hall–Kier alpha value is -3.07. The summed E-state index contributed by atoms with van der Waals surface area (Å²) in [4.78, 5) is 41.0. The SMILES string of the molecule is Cc1c(Cc2ccc(F)c(C(=O)N3CC(=O)N(C4CCCOC4)C(C)C3)c2)n[nH]c(=O)c1C. The lowest BCUT2D eigenvalue weighted by atomic mass is 10.0. The highest BCUT2D eigenvalue weighted by Crippen LogP contribution is 2.23. The van der Waals surface area contributed by atoms with Crippen LogP contribution in [0.15, 0.2) is 23.0 Å². The second-order valence-electron chi connectivity index (χ2n) is 8.95. The first-order valence-corrected chi connectivity index (χ1v) is 11.3. The summed E-state index contributed by atoms with van der Waals surface area (Å²) in [5, 5.41) is 6.57. The zero-order valence-corrected chi connectivity index (χ0v) is 19.2. The molecule has 2 aliphatic heterocycles. The third kappa shape index (κ3) is 4.68. The number of ether oxygens (including phenoxy) is 1. The first-order valence-electron chi connectivity index (χ1n) is 11.3. The number of H-pyrrole nitrogens is 1. The monoisotopic (exact) mass is 456 g/mol. The number of piperazine rings is 1. The van der Waals surface area contributed by atoms with E-state index in [2.05, 4.69) is 10.2 Å². The van der Waals surface area contributed by atoms with Crippen molar-refractivity contribution in [1.29, 1.82) is 0 Å². The largest absolute Gasteiger partial charge is 0.379 e. The molecule has 0 saturated carbocycles. The van der Waals surface area contributed by atoms with E-state index in [9.17, 15) is 18.8 Å². The molecule has 1 N–H and O–H groups in total. The van der Waals surface area contributed by atoms with Gasteiger partial charge in [0.05, 0.1) is 23.9 Å². The molecule has 0 spiro atoms. The summed E-state index contributed by atoms with van der Waals surface area (Å²) >= 11 is 0. The van der Waals surface area contributed by atoms with Crippen LogP contribution in [-0.4, -0.2) is 70.2 Å². The number of aromatic amines is 1. The van der Waals surface area contributed by atoms with Crippen LogP contribution in [0.1, 0.15) is 52.5 Å². The summed E-state index contributed by atoms with van der Waals surface area (Å²) in [7, 11) is 0. The topological polar surface area (TPSA) is 95.6 Å². The number of carbonyl (C=O) groups is 2. The van der Waals surface area contributed by atoms with Crippen molar-refractivity contribution >= 4 is 11.8 Å². The van der Waals surface area contributed by atoms with Crippen LogP contribution in [0.5, 0.6) is 0 Å². The molecule has 2 atom stereocenters. The Morgan fingerprint density at radius 2 is 2.06 bits per heavy atom. The molecule has 2 saturated heterocycles. The maximum atomic E-state index is 14.6. The van der Waals surface area contributed by atoms with E-state index in [1.54, 1.807) is 13.0 Å². The van der Waals surface area contributed by atoms with Crippen molar-refractivity contribution in [3.63, 3.8) is 0 Å². The second kappa shape index (κ2) is 9.43. The molecular formula is C24H29FN4O4. The van der Waals surface area contributed by atoms with Crippen LogP contribution in [0.25, 0.3) is 0 Å². The predicted octanol–water partition coefficient (Wildman–Crippen LogP) is 1.97. The maximum absolute atomic E-state index is 14.6. The molecule has 9 heteroatoms. The highest BCUT2D eigenvalue weighted by molar-refractivity contribution is 5.97. The minimum atomic E-state index is -0.630. The molecule has 2 aliphatic rings. The summed E-state index contributed by atoms with van der Waals surface area (Å²) in [6, 6.07) is 4.22. The fraction of sp³-hybridized carbons (Fsp3) is 0.500. The Balaban J connectivity index is 1.52. The van der Waals surface area contributed by atoms with Crippen LogP contribution in [0.4, 0.5) is 4.39 Å². The van der Waals surface area contributed by atoms with Crippen LogP contribution in [-0.2, 0) is 16.0 Å². The Labute approximate surface area is 191 Å². The van der Waals surface area contributed by atoms with Gasteiger partial charge < -0.3 is 14.5 Å². The van der Waals surface area contributed by atoms with Gasteiger partial charge in [0.15, 0.2) is 0 Å². The van der Waals surface area contributed by atoms with Gasteiger partial charge in [0.25, 0.3) is 11.5 Å². The number of carbonyl (C=O) groups excluding carboxylic acids is 2. The van der Waals surface area contributed by atoms with Crippen molar-refractivity contribution in [3.8, 4) is 0 Å². The fourth-order valence-corrected chi connectivity index (χ4v) is 4.68. The Bertz CT molecular complexity index is 1130. The van der Waals surface area contributed by atoms with E-state index in [1.165, 1.54) is 17.0 Å². The summed E-state index contributed by atoms with van der Waals surface area (Å²) in [5.41, 5.74) is 2.37. The number of hydrogen-bond acceptors (Lipinski definition) is 5.